The molecular weight excluding hydrogens is 929 g/mol. The number of aryl methyl sites for hydroxylation is 1. The topological polar surface area (TPSA) is 197 Å². The largest absolute Gasteiger partial charge is 0.493 e. The van der Waals surface area contributed by atoms with E-state index in [0.717, 1.165) is 28.9 Å². The highest BCUT2D eigenvalue weighted by Crippen LogP contribution is 2.40. The van der Waals surface area contributed by atoms with Crippen molar-refractivity contribution in [3.8, 4) is 17.2 Å². The molecule has 2 N–H and O–H groups in total. The van der Waals surface area contributed by atoms with Gasteiger partial charge in [-0.3, -0.25) is 33.9 Å². The number of thioether (sulfide) groups is 1. The first-order valence-corrected chi connectivity index (χ1v) is 25.5. The Labute approximate surface area is 418 Å². The standard InChI is InChI=1S/C53H62N6O11S/c1-32-20-37-27-55-41-24-46(45(67-4)23-39(41)49(62)57(37)29-32)69-19-11-7-10-18-68-44-25-42-40(22-34(44)3)50(63)58-30-33(2)21-43(58)51(64)59(42)53(66)70-31-35-13-15-36(16-14-35)54-28-38(60)12-8-6-9-17-56-48(61)26-47(71-5)52(56)65/h13-16,20-25,27,37,43,47,51,54,64H,6-12,17-19,26,28-31H2,1-5H3/t37-,43-,47?,51-/m0/s1. The Morgan fingerprint density at radius 1 is 0.817 bits per heavy atom. The number of ketones is 1. The van der Waals surface area contributed by atoms with Crippen molar-refractivity contribution in [2.45, 2.75) is 102 Å². The van der Waals surface area contributed by atoms with Gasteiger partial charge >= 0.3 is 6.09 Å². The first-order chi connectivity index (χ1) is 34.2. The number of aliphatic hydroxyl groups is 1. The molecule has 1 saturated heterocycles. The van der Waals surface area contributed by atoms with Crippen molar-refractivity contribution in [3.05, 3.63) is 94.1 Å². The van der Waals surface area contributed by atoms with Gasteiger partial charge in [0, 0.05) is 56.5 Å². The zero-order valence-corrected chi connectivity index (χ0v) is 41.8. The van der Waals surface area contributed by atoms with E-state index in [4.69, 9.17) is 18.9 Å². The number of hydrogen-bond donors (Lipinski definition) is 2. The molecule has 3 aromatic rings. The van der Waals surface area contributed by atoms with E-state index in [2.05, 4.69) is 10.3 Å². The third kappa shape index (κ3) is 11.4. The van der Waals surface area contributed by atoms with Crippen LogP contribution in [0, 0.1) is 6.92 Å². The van der Waals surface area contributed by atoms with Crippen LogP contribution in [0.3, 0.4) is 0 Å². The van der Waals surface area contributed by atoms with Gasteiger partial charge in [-0.05, 0) is 94.5 Å². The summed E-state index contributed by atoms with van der Waals surface area (Å²) in [4.78, 5) is 88.9. The third-order valence-corrected chi connectivity index (χ3v) is 14.3. The second-order valence-electron chi connectivity index (χ2n) is 18.6. The first-order valence-electron chi connectivity index (χ1n) is 24.2. The number of ether oxygens (including phenoxy) is 4. The Balaban J connectivity index is 0.822. The van der Waals surface area contributed by atoms with E-state index in [1.165, 1.54) is 16.7 Å². The van der Waals surface area contributed by atoms with Crippen LogP contribution in [0.15, 0.2) is 76.8 Å². The Bertz CT molecular complexity index is 2650. The maximum absolute atomic E-state index is 14.0. The van der Waals surface area contributed by atoms with Gasteiger partial charge in [-0.2, -0.15) is 11.8 Å². The summed E-state index contributed by atoms with van der Waals surface area (Å²) in [5.41, 5.74) is 5.52. The molecule has 1 unspecified atom stereocenters. The van der Waals surface area contributed by atoms with Crippen LogP contribution in [-0.2, 0) is 25.7 Å². The third-order valence-electron chi connectivity index (χ3n) is 13.4. The Morgan fingerprint density at radius 2 is 1.52 bits per heavy atom. The molecule has 18 heteroatoms. The summed E-state index contributed by atoms with van der Waals surface area (Å²) in [5.74, 6) is 0.783. The number of unbranched alkanes of at least 4 members (excludes halogenated alkanes) is 4. The number of fused-ring (bicyclic) bond motifs is 4. The predicted molar refractivity (Wildman–Crippen MR) is 270 cm³/mol. The molecule has 0 spiro atoms. The van der Waals surface area contributed by atoms with E-state index >= 15 is 0 Å². The number of imide groups is 1. The molecule has 17 nitrogen and oxygen atoms in total. The minimum Gasteiger partial charge on any atom is -0.493 e. The Morgan fingerprint density at radius 3 is 2.25 bits per heavy atom. The van der Waals surface area contributed by atoms with Gasteiger partial charge in [-0.1, -0.05) is 41.9 Å². The van der Waals surface area contributed by atoms with Crippen molar-refractivity contribution < 1.29 is 52.8 Å². The number of benzene rings is 3. The Kier molecular flexibility index (Phi) is 16.2. The minimum atomic E-state index is -1.44. The van der Waals surface area contributed by atoms with Crippen molar-refractivity contribution >= 4 is 70.5 Å². The lowest BCUT2D eigenvalue weighted by molar-refractivity contribution is -0.138. The predicted octanol–water partition coefficient (Wildman–Crippen LogP) is 7.40. The number of nitrogens with zero attached hydrogens (tertiary/aromatic N) is 5. The lowest BCUT2D eigenvalue weighted by Crippen LogP contribution is -2.50. The van der Waals surface area contributed by atoms with Crippen molar-refractivity contribution in [1.29, 1.82) is 0 Å². The summed E-state index contributed by atoms with van der Waals surface area (Å²) in [5, 5.41) is 14.7. The van der Waals surface area contributed by atoms with Crippen molar-refractivity contribution in [3.63, 3.8) is 0 Å². The van der Waals surface area contributed by atoms with Crippen LogP contribution >= 0.6 is 11.8 Å². The highest BCUT2D eigenvalue weighted by molar-refractivity contribution is 8.00. The van der Waals surface area contributed by atoms with Crippen LogP contribution in [0.1, 0.15) is 97.1 Å². The van der Waals surface area contributed by atoms with Gasteiger partial charge in [-0.25, -0.2) is 9.69 Å². The quantitative estimate of drug-likeness (QED) is 0.0609. The molecule has 71 heavy (non-hydrogen) atoms. The lowest BCUT2D eigenvalue weighted by Gasteiger charge is -2.31. The van der Waals surface area contributed by atoms with Crippen LogP contribution in [0.25, 0.3) is 0 Å². The number of carbonyl (C=O) groups is 6. The second kappa shape index (κ2) is 22.6. The van der Waals surface area contributed by atoms with Crippen LogP contribution in [-0.4, -0.2) is 138 Å². The van der Waals surface area contributed by atoms with Crippen LogP contribution in [0.2, 0.25) is 0 Å². The van der Waals surface area contributed by atoms with Crippen LogP contribution < -0.4 is 24.4 Å². The zero-order valence-electron chi connectivity index (χ0n) is 40.9. The van der Waals surface area contributed by atoms with Gasteiger partial charge < -0.3 is 39.2 Å². The maximum atomic E-state index is 14.0. The number of aliphatic hydroxyl groups excluding tert-OH is 1. The van der Waals surface area contributed by atoms with Crippen molar-refractivity contribution in [2.24, 2.45) is 4.99 Å². The van der Waals surface area contributed by atoms with E-state index < -0.39 is 18.4 Å². The van der Waals surface area contributed by atoms with Gasteiger partial charge in [0.1, 0.15) is 12.4 Å². The maximum Gasteiger partial charge on any atom is 0.416 e. The molecule has 376 valence electrons. The lowest BCUT2D eigenvalue weighted by atomic mass is 10.1. The summed E-state index contributed by atoms with van der Waals surface area (Å²) >= 11 is 1.40. The summed E-state index contributed by atoms with van der Waals surface area (Å²) in [6.45, 7) is 7.71. The fourth-order valence-electron chi connectivity index (χ4n) is 9.48. The van der Waals surface area contributed by atoms with Crippen LogP contribution in [0.4, 0.5) is 21.9 Å². The van der Waals surface area contributed by atoms with Crippen LogP contribution in [0.5, 0.6) is 17.2 Å². The molecule has 4 atom stereocenters. The summed E-state index contributed by atoms with van der Waals surface area (Å²) in [6, 6.07) is 12.9. The number of hydrogen-bond acceptors (Lipinski definition) is 14. The molecule has 8 rings (SSSR count). The highest BCUT2D eigenvalue weighted by Gasteiger charge is 2.45. The smallest absolute Gasteiger partial charge is 0.416 e. The molecule has 5 amide bonds. The van der Waals surface area contributed by atoms with Gasteiger partial charge in [0.2, 0.25) is 11.8 Å². The van der Waals surface area contributed by atoms with Gasteiger partial charge in [0.15, 0.2) is 23.5 Å². The normalized spacial score (nSPS) is 20.2. The summed E-state index contributed by atoms with van der Waals surface area (Å²) in [6.07, 6.45) is 9.98. The van der Waals surface area contributed by atoms with Gasteiger partial charge in [0.05, 0.1) is 66.7 Å². The molecular formula is C53H62N6O11S. The summed E-state index contributed by atoms with van der Waals surface area (Å²) < 4.78 is 23.8. The number of likely N-dealkylation sites (tertiary alicyclic amines) is 1. The van der Waals surface area contributed by atoms with Crippen molar-refractivity contribution in [2.75, 3.05) is 63.0 Å². The molecule has 0 saturated carbocycles. The molecule has 0 aromatic heterocycles. The molecule has 5 heterocycles. The number of carbonyl (C=O) groups excluding carboxylic acids is 6. The van der Waals surface area contributed by atoms with E-state index in [0.29, 0.717) is 110 Å². The fourth-order valence-corrected chi connectivity index (χ4v) is 10.1. The second-order valence-corrected chi connectivity index (χ2v) is 19.7. The van der Waals surface area contributed by atoms with E-state index in [1.54, 1.807) is 77.7 Å². The molecule has 1 fully saturated rings. The number of aliphatic imine (C=N–C) groups is 1. The number of nitrogens with one attached hydrogen (secondary N) is 1. The molecule has 5 aliphatic heterocycles. The highest BCUT2D eigenvalue weighted by atomic mass is 32.2. The molecule has 0 bridgehead atoms. The minimum absolute atomic E-state index is 0.0364. The molecule has 5 aliphatic rings. The van der Waals surface area contributed by atoms with E-state index in [9.17, 15) is 33.9 Å². The fraction of sp³-hybridized carbons (Fsp3) is 0.453. The number of methoxy groups -OCH3 is 1. The number of Topliss-reactive ketones (excluding diaryl/α,β-unsaturated/α-hetero) is 1. The molecule has 0 aliphatic carbocycles. The Hall–Kier alpha value is -6.66. The molecule has 3 aromatic carbocycles. The van der Waals surface area contributed by atoms with Crippen molar-refractivity contribution in [1.82, 2.24) is 14.7 Å². The van der Waals surface area contributed by atoms with Gasteiger partial charge in [0.25, 0.3) is 11.8 Å². The average Bonchev–Trinajstić information content (AvgIpc) is 4.00. The first kappa shape index (κ1) is 50.7. The van der Waals surface area contributed by atoms with E-state index in [-0.39, 0.29) is 71.5 Å². The number of amides is 5. The van der Waals surface area contributed by atoms with E-state index in [1.807, 2.05) is 33.1 Å². The summed E-state index contributed by atoms with van der Waals surface area (Å²) in [7, 11) is 1.54. The zero-order chi connectivity index (χ0) is 50.3. The average molecular weight is 991 g/mol. The SMILES string of the molecule is COc1cc2c(cc1OCCCCCOc1cc3c(cc1C)C(=O)N1CC(C)=C[C@H]1[C@H](O)N3C(=O)OCc1ccc(NCC(=O)CCCCCN3C(=O)CC(SC)C3=O)cc1)N=C[C@@H]1C=C(C)CN1C2=O. The monoisotopic (exact) mass is 990 g/mol. The van der Waals surface area contributed by atoms with Gasteiger partial charge in [-0.15, -0.1) is 0 Å². The number of anilines is 2. The molecule has 0 radical (unpaired) electrons. The number of rotatable bonds is 21.